The highest BCUT2D eigenvalue weighted by atomic mass is 16.5. The number of aliphatic hydroxyl groups is 1. The van der Waals surface area contributed by atoms with Crippen LogP contribution in [0, 0.1) is 0 Å². The van der Waals surface area contributed by atoms with E-state index in [-0.39, 0.29) is 18.6 Å². The number of amides is 1. The lowest BCUT2D eigenvalue weighted by Gasteiger charge is -2.42. The molecule has 1 unspecified atom stereocenters. The molecule has 1 heterocycles. The third-order valence-electron chi connectivity index (χ3n) is 3.46. The number of carbonyl (C=O) groups is 1. The van der Waals surface area contributed by atoms with E-state index in [1.807, 2.05) is 13.8 Å². The summed E-state index contributed by atoms with van der Waals surface area (Å²) in [6.07, 6.45) is -0.385. The molecule has 1 aromatic carbocycles. The van der Waals surface area contributed by atoms with Crippen molar-refractivity contribution in [3.05, 3.63) is 23.8 Å². The Balaban J connectivity index is 2.26. The average Bonchev–Trinajstić information content (AvgIpc) is 2.45. The van der Waals surface area contributed by atoms with E-state index in [0.717, 1.165) is 0 Å². The Bertz CT molecular complexity index is 530. The summed E-state index contributed by atoms with van der Waals surface area (Å²) in [5, 5.41) is 9.32. The molecular formula is C15H22N2O4. The molecule has 6 nitrogen and oxygen atoms in total. The number of methoxy groups -OCH3 is 1. The minimum absolute atomic E-state index is 0.124. The number of hydrogen-bond acceptors (Lipinski definition) is 5. The molecule has 6 heteroatoms. The van der Waals surface area contributed by atoms with E-state index in [9.17, 15) is 9.90 Å². The maximum atomic E-state index is 12.7. The van der Waals surface area contributed by atoms with Crippen LogP contribution in [0.4, 0.5) is 5.69 Å². The molecular weight excluding hydrogens is 272 g/mol. The number of nitrogen functional groups attached to an aromatic ring is 1. The van der Waals surface area contributed by atoms with Crippen LogP contribution >= 0.6 is 0 Å². The van der Waals surface area contributed by atoms with E-state index in [0.29, 0.717) is 30.1 Å². The van der Waals surface area contributed by atoms with Crippen LogP contribution in [0.25, 0.3) is 0 Å². The lowest BCUT2D eigenvalue weighted by molar-refractivity contribution is -0.139. The third kappa shape index (κ3) is 3.46. The Kier molecular flexibility index (Phi) is 4.39. The number of morpholine rings is 1. The SMILES string of the molecule is COc1ccc(N)c(C(=O)N2CC(CO)OC(C)(C)C2)c1. The summed E-state index contributed by atoms with van der Waals surface area (Å²) in [4.78, 5) is 14.4. The fourth-order valence-electron chi connectivity index (χ4n) is 2.56. The molecule has 1 aromatic rings. The van der Waals surface area contributed by atoms with Crippen LogP contribution in [0.15, 0.2) is 18.2 Å². The second kappa shape index (κ2) is 5.91. The van der Waals surface area contributed by atoms with Crippen molar-refractivity contribution >= 4 is 11.6 Å². The number of nitrogens with two attached hydrogens (primary N) is 1. The molecule has 116 valence electrons. The van der Waals surface area contributed by atoms with Crippen molar-refractivity contribution in [2.24, 2.45) is 0 Å². The van der Waals surface area contributed by atoms with Crippen LogP contribution in [0.3, 0.4) is 0 Å². The Morgan fingerprint density at radius 2 is 2.29 bits per heavy atom. The number of carbonyl (C=O) groups excluding carboxylic acids is 1. The molecule has 3 N–H and O–H groups in total. The third-order valence-corrected chi connectivity index (χ3v) is 3.46. The molecule has 1 aliphatic heterocycles. The van der Waals surface area contributed by atoms with Crippen molar-refractivity contribution in [2.75, 3.05) is 32.5 Å². The predicted molar refractivity (Wildman–Crippen MR) is 79.3 cm³/mol. The Morgan fingerprint density at radius 1 is 1.57 bits per heavy atom. The molecule has 1 aliphatic rings. The number of aliphatic hydroxyl groups excluding tert-OH is 1. The molecule has 0 aromatic heterocycles. The van der Waals surface area contributed by atoms with Gasteiger partial charge in [0.15, 0.2) is 0 Å². The van der Waals surface area contributed by atoms with E-state index in [1.54, 1.807) is 30.2 Å². The van der Waals surface area contributed by atoms with E-state index >= 15 is 0 Å². The van der Waals surface area contributed by atoms with Crippen LogP contribution in [0.5, 0.6) is 5.75 Å². The van der Waals surface area contributed by atoms with Crippen LogP contribution in [-0.4, -0.2) is 54.4 Å². The first-order valence-corrected chi connectivity index (χ1v) is 6.88. The van der Waals surface area contributed by atoms with Gasteiger partial charge in [0, 0.05) is 18.8 Å². The van der Waals surface area contributed by atoms with Crippen molar-refractivity contribution in [3.8, 4) is 5.75 Å². The molecule has 21 heavy (non-hydrogen) atoms. The van der Waals surface area contributed by atoms with Crippen LogP contribution in [0.2, 0.25) is 0 Å². The Hall–Kier alpha value is -1.79. The number of anilines is 1. The summed E-state index contributed by atoms with van der Waals surface area (Å²) in [6.45, 7) is 4.45. The van der Waals surface area contributed by atoms with Gasteiger partial charge in [-0.05, 0) is 32.0 Å². The van der Waals surface area contributed by atoms with Crippen LogP contribution in [-0.2, 0) is 4.74 Å². The van der Waals surface area contributed by atoms with Gasteiger partial charge in [-0.2, -0.15) is 0 Å². The van der Waals surface area contributed by atoms with Gasteiger partial charge in [-0.1, -0.05) is 0 Å². The summed E-state index contributed by atoms with van der Waals surface area (Å²) in [5.74, 6) is 0.403. The minimum atomic E-state index is -0.505. The normalized spacial score (nSPS) is 21.1. The summed E-state index contributed by atoms with van der Waals surface area (Å²) in [7, 11) is 1.54. The first-order chi connectivity index (χ1) is 9.86. The second-order valence-electron chi connectivity index (χ2n) is 5.82. The molecule has 1 fully saturated rings. The van der Waals surface area contributed by atoms with E-state index in [2.05, 4.69) is 0 Å². The summed E-state index contributed by atoms with van der Waals surface area (Å²) in [6, 6.07) is 5.00. The van der Waals surface area contributed by atoms with Gasteiger partial charge in [0.2, 0.25) is 0 Å². The topological polar surface area (TPSA) is 85.0 Å². The maximum absolute atomic E-state index is 12.7. The van der Waals surface area contributed by atoms with E-state index in [4.69, 9.17) is 15.2 Å². The first-order valence-electron chi connectivity index (χ1n) is 6.88. The quantitative estimate of drug-likeness (QED) is 0.809. The highest BCUT2D eigenvalue weighted by Gasteiger charge is 2.36. The van der Waals surface area contributed by atoms with Gasteiger partial charge in [-0.15, -0.1) is 0 Å². The molecule has 1 atom stereocenters. The van der Waals surface area contributed by atoms with Crippen LogP contribution < -0.4 is 10.5 Å². The first kappa shape index (κ1) is 15.6. The zero-order valence-electron chi connectivity index (χ0n) is 12.6. The molecule has 0 saturated carbocycles. The van der Waals surface area contributed by atoms with Gasteiger partial charge in [-0.3, -0.25) is 4.79 Å². The fourth-order valence-corrected chi connectivity index (χ4v) is 2.56. The molecule has 2 rings (SSSR count). The number of nitrogens with zero attached hydrogens (tertiary/aromatic N) is 1. The van der Waals surface area contributed by atoms with E-state index in [1.165, 1.54) is 0 Å². The molecule has 0 radical (unpaired) electrons. The zero-order chi connectivity index (χ0) is 15.6. The van der Waals surface area contributed by atoms with Gasteiger partial charge in [-0.25, -0.2) is 0 Å². The van der Waals surface area contributed by atoms with Crippen LogP contribution in [0.1, 0.15) is 24.2 Å². The standard InChI is InChI=1S/C15H22N2O4/c1-15(2)9-17(7-11(8-18)21-15)14(19)12-6-10(20-3)4-5-13(12)16/h4-6,11,18H,7-9,16H2,1-3H3. The summed E-state index contributed by atoms with van der Waals surface area (Å²) < 4.78 is 10.9. The number of ether oxygens (including phenoxy) is 2. The van der Waals surface area contributed by atoms with Gasteiger partial charge in [0.05, 0.1) is 31.0 Å². The minimum Gasteiger partial charge on any atom is -0.497 e. The van der Waals surface area contributed by atoms with Gasteiger partial charge < -0.3 is 25.2 Å². The monoisotopic (exact) mass is 294 g/mol. The maximum Gasteiger partial charge on any atom is 0.256 e. The zero-order valence-corrected chi connectivity index (χ0v) is 12.6. The number of hydrogen-bond donors (Lipinski definition) is 2. The van der Waals surface area contributed by atoms with Gasteiger partial charge >= 0.3 is 0 Å². The van der Waals surface area contributed by atoms with Gasteiger partial charge in [0.1, 0.15) is 5.75 Å². The second-order valence-corrected chi connectivity index (χ2v) is 5.82. The molecule has 1 amide bonds. The highest BCUT2D eigenvalue weighted by Crippen LogP contribution is 2.26. The molecule has 1 saturated heterocycles. The average molecular weight is 294 g/mol. The van der Waals surface area contributed by atoms with Crippen molar-refractivity contribution in [1.82, 2.24) is 4.90 Å². The highest BCUT2D eigenvalue weighted by molar-refractivity contribution is 5.99. The predicted octanol–water partition coefficient (Wildman–Crippen LogP) is 0.889. The summed E-state index contributed by atoms with van der Waals surface area (Å²) in [5.41, 5.74) is 6.21. The van der Waals surface area contributed by atoms with Crippen molar-refractivity contribution < 1.29 is 19.4 Å². The largest absolute Gasteiger partial charge is 0.497 e. The lowest BCUT2D eigenvalue weighted by atomic mass is 10.0. The van der Waals surface area contributed by atoms with Crippen molar-refractivity contribution in [2.45, 2.75) is 25.6 Å². The van der Waals surface area contributed by atoms with Crippen molar-refractivity contribution in [3.63, 3.8) is 0 Å². The fraction of sp³-hybridized carbons (Fsp3) is 0.533. The van der Waals surface area contributed by atoms with Gasteiger partial charge in [0.25, 0.3) is 5.91 Å². The number of rotatable bonds is 3. The smallest absolute Gasteiger partial charge is 0.256 e. The summed E-state index contributed by atoms with van der Waals surface area (Å²) >= 11 is 0. The Labute approximate surface area is 124 Å². The van der Waals surface area contributed by atoms with E-state index < -0.39 is 5.60 Å². The lowest BCUT2D eigenvalue weighted by Crippen LogP contribution is -2.55. The Morgan fingerprint density at radius 3 is 2.90 bits per heavy atom. The number of benzene rings is 1. The van der Waals surface area contributed by atoms with Crippen molar-refractivity contribution in [1.29, 1.82) is 0 Å². The molecule has 0 bridgehead atoms. The molecule has 0 aliphatic carbocycles. The molecule has 0 spiro atoms.